The lowest BCUT2D eigenvalue weighted by Crippen LogP contribution is -2.37. The molecule has 0 radical (unpaired) electrons. The second kappa shape index (κ2) is 6.82. The third-order valence-electron chi connectivity index (χ3n) is 2.03. The number of hydrogen-bond donors (Lipinski definition) is 2. The second-order valence-electron chi connectivity index (χ2n) is 3.50. The molecule has 0 saturated carbocycles. The monoisotopic (exact) mass is 220 g/mol. The van der Waals surface area contributed by atoms with Crippen molar-refractivity contribution in [1.29, 1.82) is 0 Å². The van der Waals surface area contributed by atoms with Crippen LogP contribution in [0, 0.1) is 6.92 Å². The number of hydrogen-bond acceptors (Lipinski definition) is 2. The highest BCUT2D eigenvalue weighted by atomic mass is 15.2. The zero-order valence-electron chi connectivity index (χ0n) is 10.2. The molecule has 0 aliphatic rings. The summed E-state index contributed by atoms with van der Waals surface area (Å²) in [6.07, 6.45) is 0. The van der Waals surface area contributed by atoms with Crippen molar-refractivity contribution in [1.82, 2.24) is 15.6 Å². The number of aliphatic imine (C=N–C) groups is 1. The molecule has 0 unspecified atom stereocenters. The van der Waals surface area contributed by atoms with Crippen LogP contribution < -0.4 is 10.6 Å². The predicted octanol–water partition coefficient (Wildman–Crippen LogP) is 1.47. The van der Waals surface area contributed by atoms with Gasteiger partial charge in [-0.3, -0.25) is 4.98 Å². The van der Waals surface area contributed by atoms with E-state index in [4.69, 9.17) is 0 Å². The number of nitrogens with zero attached hydrogens (tertiary/aromatic N) is 2. The lowest BCUT2D eigenvalue weighted by molar-refractivity contribution is 0.832. The Hall–Kier alpha value is -1.58. The van der Waals surface area contributed by atoms with E-state index < -0.39 is 0 Å². The van der Waals surface area contributed by atoms with Crippen LogP contribution in [0.1, 0.15) is 25.2 Å². The smallest absolute Gasteiger partial charge is 0.191 e. The molecule has 1 rings (SSSR count). The van der Waals surface area contributed by atoms with Gasteiger partial charge in [0.1, 0.15) is 0 Å². The van der Waals surface area contributed by atoms with Crippen LogP contribution in [0.3, 0.4) is 0 Å². The summed E-state index contributed by atoms with van der Waals surface area (Å²) in [4.78, 5) is 8.85. The Morgan fingerprint density at radius 1 is 1.25 bits per heavy atom. The molecular formula is C12H20N4. The van der Waals surface area contributed by atoms with Crippen molar-refractivity contribution in [2.45, 2.75) is 27.3 Å². The van der Waals surface area contributed by atoms with Gasteiger partial charge in [-0.25, -0.2) is 4.99 Å². The molecule has 0 spiro atoms. The minimum absolute atomic E-state index is 0.608. The fourth-order valence-corrected chi connectivity index (χ4v) is 1.36. The number of rotatable bonds is 4. The quantitative estimate of drug-likeness (QED) is 0.596. The number of guanidine groups is 1. The first-order valence-electron chi connectivity index (χ1n) is 5.71. The van der Waals surface area contributed by atoms with Gasteiger partial charge in [-0.05, 0) is 32.9 Å². The molecule has 0 aliphatic carbocycles. The van der Waals surface area contributed by atoms with Gasteiger partial charge in [-0.15, -0.1) is 0 Å². The van der Waals surface area contributed by atoms with Crippen molar-refractivity contribution < 1.29 is 0 Å². The van der Waals surface area contributed by atoms with Gasteiger partial charge in [0.05, 0.1) is 12.2 Å². The Morgan fingerprint density at radius 3 is 2.50 bits per heavy atom. The Labute approximate surface area is 97.2 Å². The Kier molecular flexibility index (Phi) is 5.32. The number of aryl methyl sites for hydroxylation is 1. The van der Waals surface area contributed by atoms with E-state index in [2.05, 4.69) is 34.5 Å². The summed E-state index contributed by atoms with van der Waals surface area (Å²) < 4.78 is 0. The second-order valence-corrected chi connectivity index (χ2v) is 3.50. The van der Waals surface area contributed by atoms with Crippen LogP contribution in [0.2, 0.25) is 0 Å². The van der Waals surface area contributed by atoms with E-state index in [0.717, 1.165) is 30.4 Å². The van der Waals surface area contributed by atoms with Gasteiger partial charge in [0.25, 0.3) is 0 Å². The lowest BCUT2D eigenvalue weighted by Gasteiger charge is -2.08. The van der Waals surface area contributed by atoms with Crippen LogP contribution in [-0.4, -0.2) is 24.0 Å². The standard InChI is InChI=1S/C12H20N4/c1-4-13-12(14-5-2)15-9-11-8-6-7-10(3)16-11/h6-8H,4-5,9H2,1-3H3,(H2,13,14,15). The fraction of sp³-hybridized carbons (Fsp3) is 0.500. The molecule has 88 valence electrons. The van der Waals surface area contributed by atoms with Crippen molar-refractivity contribution in [3.63, 3.8) is 0 Å². The molecule has 0 amide bonds. The van der Waals surface area contributed by atoms with Gasteiger partial charge in [0.2, 0.25) is 0 Å². The van der Waals surface area contributed by atoms with E-state index in [1.807, 2.05) is 25.1 Å². The molecule has 0 aromatic carbocycles. The van der Waals surface area contributed by atoms with Crippen LogP contribution in [0.4, 0.5) is 0 Å². The van der Waals surface area contributed by atoms with Gasteiger partial charge in [0, 0.05) is 18.8 Å². The first-order valence-corrected chi connectivity index (χ1v) is 5.71. The lowest BCUT2D eigenvalue weighted by atomic mass is 10.3. The van der Waals surface area contributed by atoms with Crippen LogP contribution in [0.15, 0.2) is 23.2 Å². The van der Waals surface area contributed by atoms with Gasteiger partial charge in [-0.2, -0.15) is 0 Å². The third-order valence-corrected chi connectivity index (χ3v) is 2.03. The van der Waals surface area contributed by atoms with Gasteiger partial charge in [-0.1, -0.05) is 6.07 Å². The minimum atomic E-state index is 0.608. The molecular weight excluding hydrogens is 200 g/mol. The summed E-state index contributed by atoms with van der Waals surface area (Å²) in [5, 5.41) is 6.36. The van der Waals surface area contributed by atoms with Crippen LogP contribution in [0.5, 0.6) is 0 Å². The van der Waals surface area contributed by atoms with Crippen LogP contribution >= 0.6 is 0 Å². The molecule has 1 heterocycles. The van der Waals surface area contributed by atoms with Crippen molar-refractivity contribution >= 4 is 5.96 Å². The molecule has 0 aliphatic heterocycles. The molecule has 4 nitrogen and oxygen atoms in total. The van der Waals surface area contributed by atoms with E-state index in [-0.39, 0.29) is 0 Å². The Morgan fingerprint density at radius 2 is 1.94 bits per heavy atom. The minimum Gasteiger partial charge on any atom is -0.357 e. The highest BCUT2D eigenvalue weighted by molar-refractivity contribution is 5.79. The first kappa shape index (κ1) is 12.5. The van der Waals surface area contributed by atoms with Crippen molar-refractivity contribution in [2.24, 2.45) is 4.99 Å². The molecule has 1 aromatic heterocycles. The average Bonchev–Trinajstić information content (AvgIpc) is 2.27. The molecule has 16 heavy (non-hydrogen) atoms. The maximum absolute atomic E-state index is 4.45. The SMILES string of the molecule is CCNC(=NCc1cccc(C)n1)NCC. The maximum Gasteiger partial charge on any atom is 0.191 e. The fourth-order valence-electron chi connectivity index (χ4n) is 1.36. The molecule has 0 bridgehead atoms. The number of pyridine rings is 1. The topological polar surface area (TPSA) is 49.3 Å². The largest absolute Gasteiger partial charge is 0.357 e. The summed E-state index contributed by atoms with van der Waals surface area (Å²) >= 11 is 0. The highest BCUT2D eigenvalue weighted by Gasteiger charge is 1.96. The van der Waals surface area contributed by atoms with Gasteiger partial charge < -0.3 is 10.6 Å². The first-order chi connectivity index (χ1) is 7.76. The molecule has 4 heteroatoms. The van der Waals surface area contributed by atoms with E-state index in [1.54, 1.807) is 0 Å². The predicted molar refractivity (Wildman–Crippen MR) is 67.5 cm³/mol. The zero-order valence-corrected chi connectivity index (χ0v) is 10.2. The van der Waals surface area contributed by atoms with Crippen molar-refractivity contribution in [3.8, 4) is 0 Å². The Balaban J connectivity index is 2.61. The molecule has 0 saturated heterocycles. The summed E-state index contributed by atoms with van der Waals surface area (Å²) in [6.45, 7) is 8.44. The van der Waals surface area contributed by atoms with Crippen LogP contribution in [-0.2, 0) is 6.54 Å². The van der Waals surface area contributed by atoms with E-state index in [1.165, 1.54) is 0 Å². The normalized spacial score (nSPS) is 9.69. The average molecular weight is 220 g/mol. The van der Waals surface area contributed by atoms with Crippen molar-refractivity contribution in [3.05, 3.63) is 29.6 Å². The van der Waals surface area contributed by atoms with Crippen LogP contribution in [0.25, 0.3) is 0 Å². The summed E-state index contributed by atoms with van der Waals surface area (Å²) in [7, 11) is 0. The number of aromatic nitrogens is 1. The van der Waals surface area contributed by atoms with E-state index >= 15 is 0 Å². The zero-order chi connectivity index (χ0) is 11.8. The van der Waals surface area contributed by atoms with Gasteiger partial charge >= 0.3 is 0 Å². The highest BCUT2D eigenvalue weighted by Crippen LogP contribution is 1.99. The van der Waals surface area contributed by atoms with E-state index in [0.29, 0.717) is 6.54 Å². The maximum atomic E-state index is 4.45. The van der Waals surface area contributed by atoms with Gasteiger partial charge in [0.15, 0.2) is 5.96 Å². The van der Waals surface area contributed by atoms with Crippen molar-refractivity contribution in [2.75, 3.05) is 13.1 Å². The van der Waals surface area contributed by atoms with E-state index in [9.17, 15) is 0 Å². The number of nitrogens with one attached hydrogen (secondary N) is 2. The summed E-state index contributed by atoms with van der Waals surface area (Å²) in [5.41, 5.74) is 2.02. The third kappa shape index (κ3) is 4.29. The molecule has 2 N–H and O–H groups in total. The summed E-state index contributed by atoms with van der Waals surface area (Å²) in [6, 6.07) is 5.99. The Bertz CT molecular complexity index is 339. The molecule has 0 atom stereocenters. The molecule has 0 fully saturated rings. The molecule has 1 aromatic rings. The summed E-state index contributed by atoms with van der Waals surface area (Å²) in [5.74, 6) is 0.841.